The van der Waals surface area contributed by atoms with Gasteiger partial charge in [-0.2, -0.15) is 0 Å². The number of benzene rings is 2. The SMILES string of the molecule is Nc1ccc(-c2ccc(F)cc2)nc1NC(=O)N1Cc2ccc(C3CCOCC3)cc2C1. The molecule has 2 aromatic carbocycles. The van der Waals surface area contributed by atoms with E-state index in [4.69, 9.17) is 10.5 Å². The van der Waals surface area contributed by atoms with Gasteiger partial charge >= 0.3 is 6.03 Å². The summed E-state index contributed by atoms with van der Waals surface area (Å²) in [4.78, 5) is 19.2. The lowest BCUT2D eigenvalue weighted by Crippen LogP contribution is -2.30. The Morgan fingerprint density at radius 2 is 1.78 bits per heavy atom. The summed E-state index contributed by atoms with van der Waals surface area (Å²) in [5.41, 5.74) is 11.5. The van der Waals surface area contributed by atoms with Gasteiger partial charge < -0.3 is 15.4 Å². The maximum atomic E-state index is 13.2. The quantitative estimate of drug-likeness (QED) is 0.616. The van der Waals surface area contributed by atoms with Crippen LogP contribution in [0, 0.1) is 5.82 Å². The molecule has 0 bridgehead atoms. The number of rotatable bonds is 3. The van der Waals surface area contributed by atoms with E-state index in [2.05, 4.69) is 28.5 Å². The lowest BCUT2D eigenvalue weighted by molar-refractivity contribution is 0.0853. The smallest absolute Gasteiger partial charge is 0.323 e. The van der Waals surface area contributed by atoms with E-state index in [1.165, 1.54) is 23.3 Å². The van der Waals surface area contributed by atoms with E-state index < -0.39 is 0 Å². The number of nitrogens with zero attached hydrogens (tertiary/aromatic N) is 2. The third kappa shape index (κ3) is 4.16. The Bertz CT molecular complexity index is 1140. The number of hydrogen-bond acceptors (Lipinski definition) is 4. The van der Waals surface area contributed by atoms with Crippen molar-refractivity contribution in [1.82, 2.24) is 9.88 Å². The number of fused-ring (bicyclic) bond motifs is 1. The third-order valence-corrected chi connectivity index (χ3v) is 6.22. The van der Waals surface area contributed by atoms with E-state index in [-0.39, 0.29) is 11.8 Å². The van der Waals surface area contributed by atoms with Crippen LogP contribution in [0.3, 0.4) is 0 Å². The zero-order valence-electron chi connectivity index (χ0n) is 17.7. The zero-order chi connectivity index (χ0) is 22.1. The first-order valence-electron chi connectivity index (χ1n) is 10.8. The Balaban J connectivity index is 1.29. The van der Waals surface area contributed by atoms with Gasteiger partial charge in [-0.15, -0.1) is 0 Å². The minimum absolute atomic E-state index is 0.246. The number of carbonyl (C=O) groups excluding carboxylic acids is 1. The highest BCUT2D eigenvalue weighted by Crippen LogP contribution is 2.32. The zero-order valence-corrected chi connectivity index (χ0v) is 17.7. The van der Waals surface area contributed by atoms with Gasteiger partial charge in [-0.05, 0) is 71.8 Å². The molecule has 0 saturated carbocycles. The van der Waals surface area contributed by atoms with Gasteiger partial charge in [-0.3, -0.25) is 5.32 Å². The molecular formula is C25H25FN4O2. The van der Waals surface area contributed by atoms with E-state index in [9.17, 15) is 9.18 Å². The summed E-state index contributed by atoms with van der Waals surface area (Å²) in [6.07, 6.45) is 2.08. The maximum Gasteiger partial charge on any atom is 0.323 e. The predicted octanol–water partition coefficient (Wildman–Crippen LogP) is 4.91. The molecule has 164 valence electrons. The number of anilines is 2. The summed E-state index contributed by atoms with van der Waals surface area (Å²) >= 11 is 0. The normalized spacial score (nSPS) is 16.1. The molecule has 5 rings (SSSR count). The Morgan fingerprint density at radius 1 is 1.03 bits per heavy atom. The second-order valence-electron chi connectivity index (χ2n) is 8.34. The highest BCUT2D eigenvalue weighted by Gasteiger charge is 2.26. The first-order chi connectivity index (χ1) is 15.6. The predicted molar refractivity (Wildman–Crippen MR) is 122 cm³/mol. The molecule has 0 spiro atoms. The molecule has 1 fully saturated rings. The number of nitrogen functional groups attached to an aromatic ring is 1. The number of hydrogen-bond donors (Lipinski definition) is 2. The topological polar surface area (TPSA) is 80.5 Å². The molecule has 1 saturated heterocycles. The van der Waals surface area contributed by atoms with Gasteiger partial charge in [0, 0.05) is 31.9 Å². The van der Waals surface area contributed by atoms with Gasteiger partial charge in [0.25, 0.3) is 0 Å². The second-order valence-corrected chi connectivity index (χ2v) is 8.34. The van der Waals surface area contributed by atoms with E-state index in [1.807, 2.05) is 0 Å². The minimum atomic E-state index is -0.314. The number of nitrogens with one attached hydrogen (secondary N) is 1. The van der Waals surface area contributed by atoms with Crippen LogP contribution >= 0.6 is 0 Å². The Hall–Kier alpha value is -3.45. The summed E-state index contributed by atoms with van der Waals surface area (Å²) in [6.45, 7) is 2.71. The van der Waals surface area contributed by atoms with Crippen molar-refractivity contribution in [2.75, 3.05) is 24.3 Å². The molecule has 0 atom stereocenters. The monoisotopic (exact) mass is 432 g/mol. The first-order valence-corrected chi connectivity index (χ1v) is 10.8. The number of aromatic nitrogens is 1. The standard InChI is InChI=1S/C25H25FN4O2/c26-21-5-3-17(4-6-21)23-8-7-22(27)24(28-23)29-25(31)30-14-19-2-1-18(13-20(19)15-30)16-9-11-32-12-10-16/h1-8,13,16H,9-12,14-15,27H2,(H,28,29,31). The van der Waals surface area contributed by atoms with Gasteiger partial charge in [-0.25, -0.2) is 14.2 Å². The molecule has 1 aromatic heterocycles. The highest BCUT2D eigenvalue weighted by atomic mass is 19.1. The summed E-state index contributed by atoms with van der Waals surface area (Å²) in [5, 5.41) is 2.85. The molecule has 0 unspecified atom stereocenters. The number of pyridine rings is 1. The number of urea groups is 1. The summed E-state index contributed by atoms with van der Waals surface area (Å²) in [7, 11) is 0. The molecule has 7 heteroatoms. The lowest BCUT2D eigenvalue weighted by atomic mass is 9.90. The molecule has 2 aliphatic heterocycles. The molecule has 2 amide bonds. The molecule has 32 heavy (non-hydrogen) atoms. The van der Waals surface area contributed by atoms with E-state index >= 15 is 0 Å². The first kappa shape index (κ1) is 20.5. The average Bonchev–Trinajstić information content (AvgIpc) is 3.25. The van der Waals surface area contributed by atoms with Crippen LogP contribution < -0.4 is 11.1 Å². The van der Waals surface area contributed by atoms with Crippen molar-refractivity contribution in [1.29, 1.82) is 0 Å². The number of amides is 2. The van der Waals surface area contributed by atoms with Gasteiger partial charge in [0.1, 0.15) is 5.82 Å². The van der Waals surface area contributed by atoms with Gasteiger partial charge in [0.2, 0.25) is 0 Å². The van der Waals surface area contributed by atoms with Crippen molar-refractivity contribution in [2.45, 2.75) is 31.8 Å². The average molecular weight is 432 g/mol. The van der Waals surface area contributed by atoms with E-state index in [1.54, 1.807) is 29.2 Å². The van der Waals surface area contributed by atoms with Gasteiger partial charge in [0.15, 0.2) is 5.82 Å². The fourth-order valence-corrected chi connectivity index (χ4v) is 4.37. The van der Waals surface area contributed by atoms with E-state index in [0.717, 1.165) is 37.2 Å². The maximum absolute atomic E-state index is 13.2. The van der Waals surface area contributed by atoms with Gasteiger partial charge in [-0.1, -0.05) is 18.2 Å². The Morgan fingerprint density at radius 3 is 2.56 bits per heavy atom. The summed E-state index contributed by atoms with van der Waals surface area (Å²) < 4.78 is 18.7. The number of ether oxygens (including phenoxy) is 1. The van der Waals surface area contributed by atoms with Crippen molar-refractivity contribution in [3.8, 4) is 11.3 Å². The summed E-state index contributed by atoms with van der Waals surface area (Å²) in [5.74, 6) is 0.511. The van der Waals surface area contributed by atoms with Gasteiger partial charge in [0.05, 0.1) is 11.4 Å². The molecule has 3 heterocycles. The minimum Gasteiger partial charge on any atom is -0.396 e. The van der Waals surface area contributed by atoms with Crippen molar-refractivity contribution >= 4 is 17.5 Å². The largest absolute Gasteiger partial charge is 0.396 e. The van der Waals surface area contributed by atoms with Crippen molar-refractivity contribution in [2.24, 2.45) is 0 Å². The molecule has 2 aliphatic rings. The lowest BCUT2D eigenvalue weighted by Gasteiger charge is -2.22. The van der Waals surface area contributed by atoms with Crippen molar-refractivity contribution in [3.05, 3.63) is 77.1 Å². The molecule has 6 nitrogen and oxygen atoms in total. The second kappa shape index (κ2) is 8.59. The Labute approximate surface area is 186 Å². The van der Waals surface area contributed by atoms with Crippen LogP contribution in [0.25, 0.3) is 11.3 Å². The highest BCUT2D eigenvalue weighted by molar-refractivity contribution is 5.92. The number of carbonyl (C=O) groups is 1. The molecule has 3 N–H and O–H groups in total. The third-order valence-electron chi connectivity index (χ3n) is 6.22. The van der Waals surface area contributed by atoms with E-state index in [0.29, 0.717) is 36.2 Å². The molecular weight excluding hydrogens is 407 g/mol. The van der Waals surface area contributed by atoms with Crippen LogP contribution in [0.5, 0.6) is 0 Å². The Kier molecular flexibility index (Phi) is 5.49. The van der Waals surface area contributed by atoms with Crippen molar-refractivity contribution < 1.29 is 13.9 Å². The molecule has 3 aromatic rings. The van der Waals surface area contributed by atoms with Crippen molar-refractivity contribution in [3.63, 3.8) is 0 Å². The van der Waals surface area contributed by atoms with Crippen LogP contribution in [-0.4, -0.2) is 29.1 Å². The van der Waals surface area contributed by atoms with Crippen LogP contribution in [0.4, 0.5) is 20.7 Å². The van der Waals surface area contributed by atoms with Crippen LogP contribution in [0.1, 0.15) is 35.4 Å². The van der Waals surface area contributed by atoms with Crippen LogP contribution in [0.15, 0.2) is 54.6 Å². The molecule has 0 radical (unpaired) electrons. The summed E-state index contributed by atoms with van der Waals surface area (Å²) in [6, 6.07) is 15.8. The number of nitrogens with two attached hydrogens (primary N) is 1. The number of halogens is 1. The van der Waals surface area contributed by atoms with Crippen LogP contribution in [-0.2, 0) is 17.8 Å². The fraction of sp³-hybridized carbons (Fsp3) is 0.280. The van der Waals surface area contributed by atoms with Crippen LogP contribution in [0.2, 0.25) is 0 Å². The fourth-order valence-electron chi connectivity index (χ4n) is 4.37. The molecule has 0 aliphatic carbocycles.